The Morgan fingerprint density at radius 2 is 0.639 bits per heavy atom. The van der Waals surface area contributed by atoms with Crippen LogP contribution in [0.15, 0.2) is 85.1 Å². The second kappa shape index (κ2) is 49.2. The van der Waals surface area contributed by atoms with Gasteiger partial charge >= 0.3 is 17.9 Å². The van der Waals surface area contributed by atoms with Gasteiger partial charge in [0.15, 0.2) is 6.10 Å². The van der Waals surface area contributed by atoms with Gasteiger partial charge in [-0.2, -0.15) is 0 Å². The van der Waals surface area contributed by atoms with Crippen molar-refractivity contribution in [3.05, 3.63) is 85.1 Å². The average molecular weight is 849 g/mol. The van der Waals surface area contributed by atoms with Crippen molar-refractivity contribution >= 4 is 17.9 Å². The molecule has 0 fully saturated rings. The highest BCUT2D eigenvalue weighted by atomic mass is 16.6. The van der Waals surface area contributed by atoms with Crippen LogP contribution < -0.4 is 0 Å². The molecule has 6 nitrogen and oxygen atoms in total. The first-order valence-corrected chi connectivity index (χ1v) is 25.1. The van der Waals surface area contributed by atoms with E-state index in [9.17, 15) is 14.4 Å². The first-order valence-electron chi connectivity index (χ1n) is 25.1. The summed E-state index contributed by atoms with van der Waals surface area (Å²) in [5.74, 6) is -0.969. The Labute approximate surface area is 375 Å². The molecule has 0 aliphatic heterocycles. The lowest BCUT2D eigenvalue weighted by Crippen LogP contribution is -2.30. The van der Waals surface area contributed by atoms with Crippen LogP contribution in [0.2, 0.25) is 0 Å². The van der Waals surface area contributed by atoms with Gasteiger partial charge in [0, 0.05) is 19.3 Å². The number of hydrogen-bond donors (Lipinski definition) is 0. The Bertz CT molecular complexity index is 1200. The largest absolute Gasteiger partial charge is 0.462 e. The number of hydrogen-bond acceptors (Lipinski definition) is 6. The normalized spacial score (nSPS) is 12.8. The van der Waals surface area contributed by atoms with Crippen LogP contribution in [-0.2, 0) is 28.6 Å². The van der Waals surface area contributed by atoms with E-state index in [4.69, 9.17) is 14.2 Å². The molecule has 0 aliphatic rings. The third kappa shape index (κ3) is 47.5. The van der Waals surface area contributed by atoms with Crippen molar-refractivity contribution in [1.82, 2.24) is 0 Å². The fraction of sp³-hybridized carbons (Fsp3) is 0.691. The molecular weight excluding hydrogens is 757 g/mol. The number of carbonyl (C=O) groups is 3. The van der Waals surface area contributed by atoms with E-state index in [0.717, 1.165) is 122 Å². The zero-order valence-electron chi connectivity index (χ0n) is 39.7. The van der Waals surface area contributed by atoms with Crippen LogP contribution in [0.4, 0.5) is 0 Å². The molecule has 0 radical (unpaired) electrons. The number of allylic oxidation sites excluding steroid dienone is 14. The van der Waals surface area contributed by atoms with Crippen LogP contribution in [0.3, 0.4) is 0 Å². The lowest BCUT2D eigenvalue weighted by molar-refractivity contribution is -0.167. The molecule has 0 aromatic heterocycles. The third-order valence-electron chi connectivity index (χ3n) is 10.4. The Kier molecular flexibility index (Phi) is 46.5. The molecule has 1 atom stereocenters. The van der Waals surface area contributed by atoms with Gasteiger partial charge in [-0.3, -0.25) is 14.4 Å². The van der Waals surface area contributed by atoms with Crippen LogP contribution in [0, 0.1) is 0 Å². The number of carbonyl (C=O) groups excluding carboxylic acids is 3. The highest BCUT2D eigenvalue weighted by Crippen LogP contribution is 2.13. The second-order valence-electron chi connectivity index (χ2n) is 16.3. The number of rotatable bonds is 44. The molecule has 0 aliphatic carbocycles. The van der Waals surface area contributed by atoms with E-state index >= 15 is 0 Å². The molecule has 0 N–H and O–H groups in total. The molecule has 0 spiro atoms. The van der Waals surface area contributed by atoms with Gasteiger partial charge in [-0.05, 0) is 116 Å². The zero-order chi connectivity index (χ0) is 44.4. The summed E-state index contributed by atoms with van der Waals surface area (Å²) >= 11 is 0. The molecule has 0 saturated heterocycles. The molecule has 0 aromatic rings. The quantitative estimate of drug-likeness (QED) is 0.0263. The van der Waals surface area contributed by atoms with E-state index in [2.05, 4.69) is 106 Å². The predicted molar refractivity (Wildman–Crippen MR) is 261 cm³/mol. The van der Waals surface area contributed by atoms with E-state index in [1.54, 1.807) is 0 Å². The van der Waals surface area contributed by atoms with Crippen molar-refractivity contribution in [2.45, 2.75) is 232 Å². The summed E-state index contributed by atoms with van der Waals surface area (Å²) in [4.78, 5) is 37.9. The SMILES string of the molecule is CC/C=C\C/C=C\C/C=C\CCCCCCCC(=O)O[C@H](COC(=O)CCCC/C=C\C/C=C\C/C=C\CCCCC)COC(=O)CCCCCCC/C=C\CCCCCC. The minimum Gasteiger partial charge on any atom is -0.462 e. The van der Waals surface area contributed by atoms with Crippen molar-refractivity contribution < 1.29 is 28.6 Å². The Morgan fingerprint density at radius 3 is 1.08 bits per heavy atom. The van der Waals surface area contributed by atoms with E-state index < -0.39 is 6.10 Å². The summed E-state index contributed by atoms with van der Waals surface area (Å²) in [5.41, 5.74) is 0. The van der Waals surface area contributed by atoms with E-state index in [1.807, 2.05) is 0 Å². The molecule has 0 rings (SSSR count). The van der Waals surface area contributed by atoms with Crippen LogP contribution in [0.25, 0.3) is 0 Å². The fourth-order valence-electron chi connectivity index (χ4n) is 6.57. The molecule has 0 unspecified atom stereocenters. The molecule has 61 heavy (non-hydrogen) atoms. The fourth-order valence-corrected chi connectivity index (χ4v) is 6.57. The van der Waals surface area contributed by atoms with E-state index in [0.29, 0.717) is 19.3 Å². The summed E-state index contributed by atoms with van der Waals surface area (Å²) < 4.78 is 16.7. The van der Waals surface area contributed by atoms with Gasteiger partial charge in [0.05, 0.1) is 0 Å². The van der Waals surface area contributed by atoms with Gasteiger partial charge in [0.25, 0.3) is 0 Å². The van der Waals surface area contributed by atoms with Gasteiger partial charge in [0.2, 0.25) is 0 Å². The standard InChI is InChI=1S/C55H92O6/c1-4-7-10-13-16-19-22-25-27-30-33-36-39-42-45-48-54(57)60-51-52(50-59-53(56)47-44-41-38-35-32-29-24-21-18-15-12-9-6-3)61-55(58)49-46-43-40-37-34-31-28-26-23-20-17-14-11-8-5-2/h8,11,16-17,19-21,24-28,33,36,52H,4-7,9-10,12-15,18,22-23,29-32,34-35,37-51H2,1-3H3/b11-8-,19-16-,20-17-,24-21-,27-25-,28-26-,36-33-/t52-/m0/s1. The molecule has 6 heteroatoms. The van der Waals surface area contributed by atoms with Crippen LogP contribution >= 0.6 is 0 Å². The molecule has 0 bridgehead atoms. The van der Waals surface area contributed by atoms with Crippen LogP contribution in [-0.4, -0.2) is 37.2 Å². The number of ether oxygens (including phenoxy) is 3. The average Bonchev–Trinajstić information content (AvgIpc) is 3.26. The minimum atomic E-state index is -0.804. The summed E-state index contributed by atoms with van der Waals surface area (Å²) in [7, 11) is 0. The van der Waals surface area contributed by atoms with E-state index in [-0.39, 0.29) is 31.1 Å². The van der Waals surface area contributed by atoms with Gasteiger partial charge in [-0.25, -0.2) is 0 Å². The predicted octanol–water partition coefficient (Wildman–Crippen LogP) is 16.4. The molecule has 0 saturated carbocycles. The maximum Gasteiger partial charge on any atom is 0.306 e. The van der Waals surface area contributed by atoms with Gasteiger partial charge in [0.1, 0.15) is 13.2 Å². The van der Waals surface area contributed by atoms with Crippen molar-refractivity contribution in [1.29, 1.82) is 0 Å². The van der Waals surface area contributed by atoms with Crippen molar-refractivity contribution in [2.75, 3.05) is 13.2 Å². The monoisotopic (exact) mass is 849 g/mol. The third-order valence-corrected chi connectivity index (χ3v) is 10.4. The summed E-state index contributed by atoms with van der Waals surface area (Å²) in [5, 5.41) is 0. The molecule has 0 heterocycles. The topological polar surface area (TPSA) is 78.9 Å². The van der Waals surface area contributed by atoms with Gasteiger partial charge in [-0.15, -0.1) is 0 Å². The molecule has 348 valence electrons. The minimum absolute atomic E-state index is 0.101. The first kappa shape index (κ1) is 57.6. The van der Waals surface area contributed by atoms with Crippen LogP contribution in [0.1, 0.15) is 226 Å². The highest BCUT2D eigenvalue weighted by molar-refractivity contribution is 5.71. The van der Waals surface area contributed by atoms with Crippen molar-refractivity contribution in [3.8, 4) is 0 Å². The van der Waals surface area contributed by atoms with Crippen LogP contribution in [0.5, 0.6) is 0 Å². The lowest BCUT2D eigenvalue weighted by Gasteiger charge is -2.18. The summed E-state index contributed by atoms with van der Waals surface area (Å²) in [6, 6.07) is 0. The van der Waals surface area contributed by atoms with Crippen molar-refractivity contribution in [3.63, 3.8) is 0 Å². The van der Waals surface area contributed by atoms with Gasteiger partial charge in [-0.1, -0.05) is 176 Å². The molecule has 0 amide bonds. The maximum absolute atomic E-state index is 12.8. The Hall–Kier alpha value is -3.41. The second-order valence-corrected chi connectivity index (χ2v) is 16.3. The van der Waals surface area contributed by atoms with Gasteiger partial charge < -0.3 is 14.2 Å². The highest BCUT2D eigenvalue weighted by Gasteiger charge is 2.19. The summed E-state index contributed by atoms with van der Waals surface area (Å²) in [6.45, 7) is 6.41. The molecular formula is C55H92O6. The van der Waals surface area contributed by atoms with Crippen molar-refractivity contribution in [2.24, 2.45) is 0 Å². The molecule has 0 aromatic carbocycles. The Balaban J connectivity index is 4.50. The number of unbranched alkanes of at least 4 members (excludes halogenated alkanes) is 19. The van der Waals surface area contributed by atoms with E-state index in [1.165, 1.54) is 64.2 Å². The summed E-state index contributed by atoms with van der Waals surface area (Å²) in [6.07, 6.45) is 62.8. The smallest absolute Gasteiger partial charge is 0.306 e. The zero-order valence-corrected chi connectivity index (χ0v) is 39.7. The Morgan fingerprint density at radius 1 is 0.344 bits per heavy atom. The maximum atomic E-state index is 12.8. The lowest BCUT2D eigenvalue weighted by atomic mass is 10.1. The first-order chi connectivity index (χ1) is 30.0. The number of esters is 3.